The lowest BCUT2D eigenvalue weighted by Crippen LogP contribution is -2.28. The molecule has 0 fully saturated rings. The molecular formula is C19H18ClN5O2. The van der Waals surface area contributed by atoms with Crippen LogP contribution < -0.4 is 15.8 Å². The minimum absolute atomic E-state index is 0.0353. The van der Waals surface area contributed by atoms with E-state index in [2.05, 4.69) is 15.4 Å². The lowest BCUT2D eigenvalue weighted by molar-refractivity contribution is -0.119. The van der Waals surface area contributed by atoms with Crippen molar-refractivity contribution in [1.82, 2.24) is 14.8 Å². The highest BCUT2D eigenvalue weighted by molar-refractivity contribution is 6.30. The van der Waals surface area contributed by atoms with Gasteiger partial charge in [0.15, 0.2) is 6.61 Å². The summed E-state index contributed by atoms with van der Waals surface area (Å²) in [6, 6.07) is 15.3. The molecule has 27 heavy (non-hydrogen) atoms. The maximum absolute atomic E-state index is 11.1. The number of ether oxygens (including phenoxy) is 1. The fraction of sp³-hybridized carbons (Fsp3) is 0.211. The Bertz CT molecular complexity index is 957. The van der Waals surface area contributed by atoms with Crippen LogP contribution in [-0.2, 0) is 4.79 Å². The van der Waals surface area contributed by atoms with E-state index in [9.17, 15) is 4.79 Å². The highest BCUT2D eigenvalue weighted by Gasteiger charge is 2.31. The van der Waals surface area contributed by atoms with Crippen LogP contribution in [-0.4, -0.2) is 27.3 Å². The van der Waals surface area contributed by atoms with E-state index in [1.54, 1.807) is 0 Å². The molecule has 2 heterocycles. The van der Waals surface area contributed by atoms with E-state index in [1.807, 2.05) is 53.2 Å². The van der Waals surface area contributed by atoms with Crippen LogP contribution in [0.1, 0.15) is 29.6 Å². The molecule has 0 spiro atoms. The molecular weight excluding hydrogens is 366 g/mol. The third-order valence-electron chi connectivity index (χ3n) is 4.55. The number of para-hydroxylation sites is 1. The number of amides is 1. The largest absolute Gasteiger partial charge is 0.483 e. The van der Waals surface area contributed by atoms with E-state index in [-0.39, 0.29) is 18.7 Å². The topological polar surface area (TPSA) is 95.1 Å². The molecule has 0 aliphatic carbocycles. The van der Waals surface area contributed by atoms with Gasteiger partial charge in [0, 0.05) is 10.6 Å². The molecule has 2 aromatic carbocycles. The van der Waals surface area contributed by atoms with Crippen molar-refractivity contribution in [2.75, 3.05) is 11.9 Å². The second-order valence-corrected chi connectivity index (χ2v) is 6.76. The number of carbonyl (C=O) groups excluding carboxylic acids is 1. The normalized spacial score (nSPS) is 18.4. The Morgan fingerprint density at radius 3 is 2.81 bits per heavy atom. The molecule has 1 amide bonds. The average Bonchev–Trinajstić information content (AvgIpc) is 3.15. The van der Waals surface area contributed by atoms with E-state index in [0.717, 1.165) is 17.5 Å². The van der Waals surface area contributed by atoms with Gasteiger partial charge >= 0.3 is 0 Å². The van der Waals surface area contributed by atoms with Crippen LogP contribution in [0.3, 0.4) is 0 Å². The zero-order chi connectivity index (χ0) is 18.8. The van der Waals surface area contributed by atoms with Gasteiger partial charge in [0.05, 0.1) is 12.1 Å². The van der Waals surface area contributed by atoms with Gasteiger partial charge in [-0.2, -0.15) is 10.1 Å². The van der Waals surface area contributed by atoms with E-state index in [4.69, 9.17) is 22.1 Å². The number of halogens is 1. The molecule has 0 radical (unpaired) electrons. The van der Waals surface area contributed by atoms with Gasteiger partial charge in [-0.15, -0.1) is 0 Å². The Morgan fingerprint density at radius 2 is 2.04 bits per heavy atom. The van der Waals surface area contributed by atoms with Gasteiger partial charge in [0.2, 0.25) is 5.95 Å². The molecule has 3 N–H and O–H groups in total. The number of nitrogens with two attached hydrogens (primary N) is 1. The van der Waals surface area contributed by atoms with Gasteiger partial charge in [-0.3, -0.25) is 4.79 Å². The van der Waals surface area contributed by atoms with Gasteiger partial charge in [-0.05, 0) is 30.2 Å². The van der Waals surface area contributed by atoms with Gasteiger partial charge < -0.3 is 15.8 Å². The first kappa shape index (κ1) is 17.4. The second-order valence-electron chi connectivity index (χ2n) is 6.32. The minimum Gasteiger partial charge on any atom is -0.483 e. The predicted molar refractivity (Wildman–Crippen MR) is 102 cm³/mol. The minimum atomic E-state index is -0.518. The molecule has 8 heteroatoms. The van der Waals surface area contributed by atoms with Crippen LogP contribution in [0.15, 0.2) is 54.9 Å². The van der Waals surface area contributed by atoms with Crippen molar-refractivity contribution in [3.8, 4) is 5.75 Å². The Kier molecular flexibility index (Phi) is 4.68. The standard InChI is InChI=1S/C19H18ClN5O2/c20-13-7-5-12(6-8-13)15-9-16(25-19(24-15)22-11-23-25)14-3-1-2-4-17(14)27-10-18(21)26/h1-8,11,15-16H,9-10H2,(H2,21,26)(H,22,23,24)/t15-,16-/m1/s1. The second kappa shape index (κ2) is 7.28. The number of nitrogens with zero attached hydrogens (tertiary/aromatic N) is 3. The summed E-state index contributed by atoms with van der Waals surface area (Å²) >= 11 is 6.02. The predicted octanol–water partition coefficient (Wildman–Crippen LogP) is 2.94. The maximum atomic E-state index is 11.1. The summed E-state index contributed by atoms with van der Waals surface area (Å²) in [5, 5.41) is 8.48. The summed E-state index contributed by atoms with van der Waals surface area (Å²) in [7, 11) is 0. The van der Waals surface area contributed by atoms with Gasteiger partial charge in [0.1, 0.15) is 12.1 Å². The van der Waals surface area contributed by atoms with E-state index in [0.29, 0.717) is 16.7 Å². The highest BCUT2D eigenvalue weighted by atomic mass is 35.5. The first-order valence-electron chi connectivity index (χ1n) is 8.53. The first-order valence-corrected chi connectivity index (χ1v) is 8.91. The number of anilines is 1. The van der Waals surface area contributed by atoms with Crippen molar-refractivity contribution in [3.05, 3.63) is 71.0 Å². The molecule has 3 aromatic rings. The number of aromatic nitrogens is 3. The van der Waals surface area contributed by atoms with Crippen LogP contribution in [0.25, 0.3) is 0 Å². The summed E-state index contributed by atoms with van der Waals surface area (Å²) in [5.41, 5.74) is 7.25. The van der Waals surface area contributed by atoms with Crippen molar-refractivity contribution in [1.29, 1.82) is 0 Å². The molecule has 0 saturated carbocycles. The average molecular weight is 384 g/mol. The molecule has 0 bridgehead atoms. The molecule has 0 saturated heterocycles. The van der Waals surface area contributed by atoms with Crippen LogP contribution in [0.5, 0.6) is 5.75 Å². The Labute approximate surface area is 161 Å². The van der Waals surface area contributed by atoms with Crippen LogP contribution >= 0.6 is 11.6 Å². The summed E-state index contributed by atoms with van der Waals surface area (Å²) in [4.78, 5) is 15.5. The van der Waals surface area contributed by atoms with Crippen LogP contribution in [0, 0.1) is 0 Å². The summed E-state index contributed by atoms with van der Waals surface area (Å²) in [6.45, 7) is -0.174. The molecule has 7 nitrogen and oxygen atoms in total. The quantitative estimate of drug-likeness (QED) is 0.706. The zero-order valence-electron chi connectivity index (χ0n) is 14.4. The number of nitrogens with one attached hydrogen (secondary N) is 1. The third kappa shape index (κ3) is 3.59. The number of hydrogen-bond acceptors (Lipinski definition) is 5. The number of fused-ring (bicyclic) bond motifs is 1. The van der Waals surface area contributed by atoms with Crippen LogP contribution in [0.4, 0.5) is 5.95 Å². The van der Waals surface area contributed by atoms with Gasteiger partial charge in [-0.25, -0.2) is 4.68 Å². The number of primary amides is 1. The fourth-order valence-corrected chi connectivity index (χ4v) is 3.45. The number of hydrogen-bond donors (Lipinski definition) is 2. The number of carbonyl (C=O) groups is 1. The molecule has 1 aliphatic rings. The van der Waals surface area contributed by atoms with Gasteiger partial charge in [-0.1, -0.05) is 41.9 Å². The Hall–Kier alpha value is -3.06. The number of benzene rings is 2. The van der Waals surface area contributed by atoms with E-state index in [1.165, 1.54) is 6.33 Å². The monoisotopic (exact) mass is 383 g/mol. The van der Waals surface area contributed by atoms with E-state index < -0.39 is 5.91 Å². The van der Waals surface area contributed by atoms with Crippen molar-refractivity contribution >= 4 is 23.5 Å². The molecule has 1 aliphatic heterocycles. The molecule has 138 valence electrons. The summed E-state index contributed by atoms with van der Waals surface area (Å²) in [6.07, 6.45) is 2.25. The lowest BCUT2D eigenvalue weighted by Gasteiger charge is -2.32. The van der Waals surface area contributed by atoms with Crippen molar-refractivity contribution in [3.63, 3.8) is 0 Å². The molecule has 2 atom stereocenters. The molecule has 4 rings (SSSR count). The smallest absolute Gasteiger partial charge is 0.255 e. The Balaban J connectivity index is 1.70. The van der Waals surface area contributed by atoms with Crippen molar-refractivity contribution in [2.45, 2.75) is 18.5 Å². The summed E-state index contributed by atoms with van der Waals surface area (Å²) in [5.74, 6) is 0.769. The van der Waals surface area contributed by atoms with Crippen LogP contribution in [0.2, 0.25) is 5.02 Å². The SMILES string of the molecule is NC(=O)COc1ccccc1[C@H]1C[C@H](c2ccc(Cl)cc2)Nc2ncnn21. The lowest BCUT2D eigenvalue weighted by atomic mass is 9.93. The molecule has 1 aromatic heterocycles. The van der Waals surface area contributed by atoms with Crippen molar-refractivity contribution < 1.29 is 9.53 Å². The zero-order valence-corrected chi connectivity index (χ0v) is 15.1. The molecule has 0 unspecified atom stereocenters. The van der Waals surface area contributed by atoms with Crippen molar-refractivity contribution in [2.24, 2.45) is 5.73 Å². The highest BCUT2D eigenvalue weighted by Crippen LogP contribution is 2.40. The fourth-order valence-electron chi connectivity index (χ4n) is 3.33. The number of rotatable bonds is 5. The van der Waals surface area contributed by atoms with Gasteiger partial charge in [0.25, 0.3) is 5.91 Å². The maximum Gasteiger partial charge on any atom is 0.255 e. The van der Waals surface area contributed by atoms with E-state index >= 15 is 0 Å². The first-order chi connectivity index (χ1) is 13.1. The Morgan fingerprint density at radius 1 is 1.26 bits per heavy atom. The third-order valence-corrected chi connectivity index (χ3v) is 4.80. The summed E-state index contributed by atoms with van der Waals surface area (Å²) < 4.78 is 7.46.